The third kappa shape index (κ3) is 3.28. The van der Waals surface area contributed by atoms with E-state index in [4.69, 9.17) is 15.2 Å². The summed E-state index contributed by atoms with van der Waals surface area (Å²) in [5, 5.41) is 2.79. The zero-order valence-electron chi connectivity index (χ0n) is 11.6. The molecule has 2 aromatic rings. The normalized spacial score (nSPS) is 10.0. The van der Waals surface area contributed by atoms with Crippen molar-refractivity contribution in [1.82, 2.24) is 0 Å². The van der Waals surface area contributed by atoms with Gasteiger partial charge in [0.05, 0.1) is 29.9 Å². The monoisotopic (exact) mass is 350 g/mol. The fraction of sp³-hybridized carbons (Fsp3) is 0.133. The molecule has 0 spiro atoms. The number of rotatable bonds is 4. The molecule has 1 amide bonds. The van der Waals surface area contributed by atoms with Crippen molar-refractivity contribution in [3.05, 3.63) is 46.4 Å². The van der Waals surface area contributed by atoms with Crippen LogP contribution in [-0.4, -0.2) is 20.1 Å². The molecule has 0 bridgehead atoms. The van der Waals surface area contributed by atoms with E-state index >= 15 is 0 Å². The molecule has 0 fully saturated rings. The highest BCUT2D eigenvalue weighted by molar-refractivity contribution is 9.10. The number of nitrogens with two attached hydrogens (primary N) is 1. The molecular weight excluding hydrogens is 336 g/mol. The second-order valence-corrected chi connectivity index (χ2v) is 5.02. The highest BCUT2D eigenvalue weighted by Crippen LogP contribution is 2.30. The van der Waals surface area contributed by atoms with Crippen LogP contribution in [0.25, 0.3) is 0 Å². The summed E-state index contributed by atoms with van der Waals surface area (Å²) >= 11 is 3.32. The van der Waals surface area contributed by atoms with Crippen molar-refractivity contribution in [2.45, 2.75) is 0 Å². The van der Waals surface area contributed by atoms with Gasteiger partial charge in [-0.25, -0.2) is 0 Å². The highest BCUT2D eigenvalue weighted by atomic mass is 79.9. The molecule has 2 rings (SSSR count). The Morgan fingerprint density at radius 3 is 2.62 bits per heavy atom. The minimum atomic E-state index is -0.291. The first-order valence-electron chi connectivity index (χ1n) is 6.14. The molecule has 0 heterocycles. The standard InChI is InChI=1S/C15H15BrN2O3/c1-20-9-6-7-13(21-2)12(8-9)18-15(19)10-4-3-5-11(17)14(10)16/h3-8H,17H2,1-2H3,(H,18,19). The average molecular weight is 351 g/mol. The number of amides is 1. The van der Waals surface area contributed by atoms with E-state index in [2.05, 4.69) is 21.2 Å². The van der Waals surface area contributed by atoms with Crippen LogP contribution in [0.2, 0.25) is 0 Å². The Hall–Kier alpha value is -2.21. The van der Waals surface area contributed by atoms with E-state index in [0.29, 0.717) is 32.9 Å². The minimum Gasteiger partial charge on any atom is -0.497 e. The highest BCUT2D eigenvalue weighted by Gasteiger charge is 2.14. The summed E-state index contributed by atoms with van der Waals surface area (Å²) in [5.41, 5.74) is 7.25. The molecule has 0 saturated carbocycles. The molecule has 3 N–H and O–H groups in total. The maximum absolute atomic E-state index is 12.4. The van der Waals surface area contributed by atoms with Gasteiger partial charge in [0.25, 0.3) is 5.91 Å². The quantitative estimate of drug-likeness (QED) is 0.829. The maximum Gasteiger partial charge on any atom is 0.256 e. The SMILES string of the molecule is COc1ccc(OC)c(NC(=O)c2cccc(N)c2Br)c1. The molecule has 0 saturated heterocycles. The Labute approximate surface area is 131 Å². The van der Waals surface area contributed by atoms with Crippen molar-refractivity contribution in [3.8, 4) is 11.5 Å². The summed E-state index contributed by atoms with van der Waals surface area (Å²) in [5.74, 6) is 0.877. The van der Waals surface area contributed by atoms with Crippen LogP contribution in [-0.2, 0) is 0 Å². The molecule has 110 valence electrons. The van der Waals surface area contributed by atoms with Gasteiger partial charge in [0, 0.05) is 11.8 Å². The largest absolute Gasteiger partial charge is 0.497 e. The van der Waals surface area contributed by atoms with E-state index in [9.17, 15) is 4.79 Å². The fourth-order valence-corrected chi connectivity index (χ4v) is 2.27. The molecule has 0 aliphatic heterocycles. The van der Waals surface area contributed by atoms with Crippen LogP contribution >= 0.6 is 15.9 Å². The zero-order chi connectivity index (χ0) is 15.4. The topological polar surface area (TPSA) is 73.6 Å². The van der Waals surface area contributed by atoms with Crippen molar-refractivity contribution < 1.29 is 14.3 Å². The minimum absolute atomic E-state index is 0.291. The van der Waals surface area contributed by atoms with Crippen molar-refractivity contribution >= 4 is 33.2 Å². The summed E-state index contributed by atoms with van der Waals surface area (Å²) in [6.45, 7) is 0. The number of carbonyl (C=O) groups excluding carboxylic acids is 1. The second-order valence-electron chi connectivity index (χ2n) is 4.23. The number of ether oxygens (including phenoxy) is 2. The van der Waals surface area contributed by atoms with Gasteiger partial charge in [0.1, 0.15) is 11.5 Å². The zero-order valence-corrected chi connectivity index (χ0v) is 13.2. The number of nitrogen functional groups attached to an aromatic ring is 1. The van der Waals surface area contributed by atoms with Crippen LogP contribution in [0.4, 0.5) is 11.4 Å². The van der Waals surface area contributed by atoms with Crippen LogP contribution in [0.1, 0.15) is 10.4 Å². The van der Waals surface area contributed by atoms with Gasteiger partial charge in [0.15, 0.2) is 0 Å². The summed E-state index contributed by atoms with van der Waals surface area (Å²) in [4.78, 5) is 12.4. The van der Waals surface area contributed by atoms with Crippen LogP contribution in [0, 0.1) is 0 Å². The van der Waals surface area contributed by atoms with Crippen LogP contribution in [0.3, 0.4) is 0 Å². The lowest BCUT2D eigenvalue weighted by Crippen LogP contribution is -2.14. The lowest BCUT2D eigenvalue weighted by molar-refractivity contribution is 0.102. The van der Waals surface area contributed by atoms with Crippen molar-refractivity contribution in [2.24, 2.45) is 0 Å². The molecule has 0 atom stereocenters. The Balaban J connectivity index is 2.33. The molecule has 0 aliphatic rings. The van der Waals surface area contributed by atoms with E-state index in [0.717, 1.165) is 0 Å². The van der Waals surface area contributed by atoms with E-state index < -0.39 is 0 Å². The van der Waals surface area contributed by atoms with Crippen LogP contribution in [0.15, 0.2) is 40.9 Å². The van der Waals surface area contributed by atoms with Gasteiger partial charge < -0.3 is 20.5 Å². The second kappa shape index (κ2) is 6.49. The first-order chi connectivity index (χ1) is 10.1. The Kier molecular flexibility index (Phi) is 4.70. The number of methoxy groups -OCH3 is 2. The van der Waals surface area contributed by atoms with Crippen molar-refractivity contribution in [2.75, 3.05) is 25.3 Å². The first-order valence-corrected chi connectivity index (χ1v) is 6.93. The predicted octanol–water partition coefficient (Wildman–Crippen LogP) is 3.30. The summed E-state index contributed by atoms with van der Waals surface area (Å²) in [6, 6.07) is 10.3. The van der Waals surface area contributed by atoms with Gasteiger partial charge in [-0.3, -0.25) is 4.79 Å². The number of hydrogen-bond donors (Lipinski definition) is 2. The molecule has 2 aromatic carbocycles. The van der Waals surface area contributed by atoms with Gasteiger partial charge in [-0.05, 0) is 40.2 Å². The molecule has 0 aliphatic carbocycles. The maximum atomic E-state index is 12.4. The average Bonchev–Trinajstić information content (AvgIpc) is 2.49. The molecule has 5 nitrogen and oxygen atoms in total. The third-order valence-electron chi connectivity index (χ3n) is 2.93. The van der Waals surface area contributed by atoms with E-state index in [1.165, 1.54) is 7.11 Å². The molecule has 0 unspecified atom stereocenters. The smallest absolute Gasteiger partial charge is 0.256 e. The van der Waals surface area contributed by atoms with Crippen molar-refractivity contribution in [3.63, 3.8) is 0 Å². The van der Waals surface area contributed by atoms with Gasteiger partial charge in [0.2, 0.25) is 0 Å². The Morgan fingerprint density at radius 2 is 1.95 bits per heavy atom. The lowest BCUT2D eigenvalue weighted by Gasteiger charge is -2.13. The number of hydrogen-bond acceptors (Lipinski definition) is 4. The molecule has 0 radical (unpaired) electrons. The van der Waals surface area contributed by atoms with E-state index in [1.54, 1.807) is 43.5 Å². The van der Waals surface area contributed by atoms with E-state index in [-0.39, 0.29) is 5.91 Å². The van der Waals surface area contributed by atoms with Crippen molar-refractivity contribution in [1.29, 1.82) is 0 Å². The molecule has 6 heteroatoms. The number of carbonyl (C=O) groups is 1. The third-order valence-corrected chi connectivity index (χ3v) is 3.81. The Bertz CT molecular complexity index is 674. The first kappa shape index (κ1) is 15.2. The number of nitrogens with one attached hydrogen (secondary N) is 1. The van der Waals surface area contributed by atoms with Gasteiger partial charge in [-0.15, -0.1) is 0 Å². The summed E-state index contributed by atoms with van der Waals surface area (Å²) in [7, 11) is 3.09. The van der Waals surface area contributed by atoms with Crippen LogP contribution in [0.5, 0.6) is 11.5 Å². The number of anilines is 2. The fourth-order valence-electron chi connectivity index (χ4n) is 1.83. The summed E-state index contributed by atoms with van der Waals surface area (Å²) < 4.78 is 10.9. The number of benzene rings is 2. The molecule has 0 aromatic heterocycles. The lowest BCUT2D eigenvalue weighted by atomic mass is 10.2. The Morgan fingerprint density at radius 1 is 1.19 bits per heavy atom. The van der Waals surface area contributed by atoms with Crippen LogP contribution < -0.4 is 20.5 Å². The number of halogens is 1. The van der Waals surface area contributed by atoms with Gasteiger partial charge in [-0.1, -0.05) is 6.07 Å². The predicted molar refractivity (Wildman–Crippen MR) is 86.1 cm³/mol. The summed E-state index contributed by atoms with van der Waals surface area (Å²) in [6.07, 6.45) is 0. The molecular formula is C15H15BrN2O3. The van der Waals surface area contributed by atoms with Gasteiger partial charge >= 0.3 is 0 Å². The van der Waals surface area contributed by atoms with E-state index in [1.807, 2.05) is 0 Å². The molecule has 21 heavy (non-hydrogen) atoms. The van der Waals surface area contributed by atoms with Gasteiger partial charge in [-0.2, -0.15) is 0 Å².